The number of anilines is 1. The van der Waals surface area contributed by atoms with Crippen molar-refractivity contribution in [3.63, 3.8) is 0 Å². The number of nitro benzene ring substituents is 1. The molecule has 3 rings (SSSR count). The number of piperazine rings is 1. The number of nitrogens with zero attached hydrogens (tertiary/aromatic N) is 3. The lowest BCUT2D eigenvalue weighted by atomic mass is 10.1. The van der Waals surface area contributed by atoms with E-state index in [1.807, 2.05) is 6.07 Å². The molecule has 114 valence electrons. The van der Waals surface area contributed by atoms with Gasteiger partial charge in [0.25, 0.3) is 5.69 Å². The molecular formula is C14H21N5O2. The van der Waals surface area contributed by atoms with E-state index in [4.69, 9.17) is 5.84 Å². The Labute approximate surface area is 123 Å². The molecular weight excluding hydrogens is 270 g/mol. The van der Waals surface area contributed by atoms with Gasteiger partial charge >= 0.3 is 0 Å². The van der Waals surface area contributed by atoms with Crippen LogP contribution in [-0.2, 0) is 6.54 Å². The highest BCUT2D eigenvalue weighted by atomic mass is 16.6. The number of nitrogens with one attached hydrogen (secondary N) is 1. The van der Waals surface area contributed by atoms with Gasteiger partial charge in [-0.1, -0.05) is 6.07 Å². The topological polar surface area (TPSA) is 87.7 Å². The Morgan fingerprint density at radius 3 is 3.00 bits per heavy atom. The van der Waals surface area contributed by atoms with E-state index in [0.717, 1.165) is 31.7 Å². The summed E-state index contributed by atoms with van der Waals surface area (Å²) in [7, 11) is 0. The highest BCUT2D eigenvalue weighted by molar-refractivity contribution is 5.62. The Hall–Kier alpha value is -1.70. The summed E-state index contributed by atoms with van der Waals surface area (Å²) in [5, 5.41) is 10.9. The summed E-state index contributed by atoms with van der Waals surface area (Å²) in [4.78, 5) is 15.5. The van der Waals surface area contributed by atoms with Gasteiger partial charge in [-0.25, -0.2) is 0 Å². The van der Waals surface area contributed by atoms with Crippen LogP contribution in [0.1, 0.15) is 18.4 Å². The van der Waals surface area contributed by atoms with Gasteiger partial charge in [0.05, 0.1) is 4.92 Å². The molecule has 21 heavy (non-hydrogen) atoms. The highest BCUT2D eigenvalue weighted by Crippen LogP contribution is 2.26. The van der Waals surface area contributed by atoms with Gasteiger partial charge in [-0.2, -0.15) is 0 Å². The average Bonchev–Trinajstić information content (AvgIpc) is 2.94. The molecule has 0 aromatic heterocycles. The largest absolute Gasteiger partial charge is 0.318 e. The third-order valence-corrected chi connectivity index (χ3v) is 4.49. The highest BCUT2D eigenvalue weighted by Gasteiger charge is 2.30. The van der Waals surface area contributed by atoms with Crippen molar-refractivity contribution in [3.8, 4) is 0 Å². The quantitative estimate of drug-likeness (QED) is 0.492. The first-order valence-corrected chi connectivity index (χ1v) is 7.37. The zero-order valence-corrected chi connectivity index (χ0v) is 12.0. The number of benzene rings is 1. The van der Waals surface area contributed by atoms with Crippen LogP contribution in [0.15, 0.2) is 18.2 Å². The van der Waals surface area contributed by atoms with Gasteiger partial charge in [0.2, 0.25) is 0 Å². The molecule has 2 aliphatic rings. The first-order chi connectivity index (χ1) is 10.2. The Morgan fingerprint density at radius 1 is 1.38 bits per heavy atom. The third kappa shape index (κ3) is 2.99. The van der Waals surface area contributed by atoms with Crippen LogP contribution in [0.3, 0.4) is 0 Å². The summed E-state index contributed by atoms with van der Waals surface area (Å²) in [5.74, 6) is 5.39. The first-order valence-electron chi connectivity index (χ1n) is 7.37. The molecule has 3 N–H and O–H groups in total. The van der Waals surface area contributed by atoms with Crippen molar-refractivity contribution in [2.45, 2.75) is 25.4 Å². The second-order valence-corrected chi connectivity index (χ2v) is 5.82. The van der Waals surface area contributed by atoms with Crippen LogP contribution in [0.25, 0.3) is 0 Å². The molecule has 2 aliphatic heterocycles. The Balaban J connectivity index is 1.69. The summed E-state index contributed by atoms with van der Waals surface area (Å²) >= 11 is 0. The van der Waals surface area contributed by atoms with E-state index in [2.05, 4.69) is 15.2 Å². The first kappa shape index (κ1) is 14.2. The van der Waals surface area contributed by atoms with Crippen molar-refractivity contribution in [2.75, 3.05) is 31.6 Å². The minimum atomic E-state index is -0.420. The number of fused-ring (bicyclic) bond motifs is 1. The molecule has 7 heteroatoms. The van der Waals surface area contributed by atoms with Gasteiger partial charge in [0, 0.05) is 38.3 Å². The van der Waals surface area contributed by atoms with Gasteiger partial charge in [-0.15, -0.1) is 0 Å². The standard InChI is InChI=1S/C14H21N5O2/c15-16-13-8-11(3-4-14(13)19(20)21)9-17-6-7-18-5-1-2-12(18)10-17/h3-4,8,12,16H,1-2,5-7,9-10,15H2. The molecule has 7 nitrogen and oxygen atoms in total. The molecule has 1 atom stereocenters. The molecule has 1 aromatic rings. The van der Waals surface area contributed by atoms with E-state index >= 15 is 0 Å². The Kier molecular flexibility index (Phi) is 4.05. The van der Waals surface area contributed by atoms with Crippen LogP contribution in [0.4, 0.5) is 11.4 Å². The van der Waals surface area contributed by atoms with E-state index in [0.29, 0.717) is 11.7 Å². The Morgan fingerprint density at radius 2 is 2.24 bits per heavy atom. The molecule has 0 aliphatic carbocycles. The van der Waals surface area contributed by atoms with Gasteiger partial charge in [0.1, 0.15) is 5.69 Å². The number of hydrazine groups is 1. The molecule has 0 radical (unpaired) electrons. The van der Waals surface area contributed by atoms with Crippen molar-refractivity contribution < 1.29 is 4.92 Å². The third-order valence-electron chi connectivity index (χ3n) is 4.49. The molecule has 1 unspecified atom stereocenters. The summed E-state index contributed by atoms with van der Waals surface area (Å²) < 4.78 is 0. The second kappa shape index (κ2) is 5.97. The minimum Gasteiger partial charge on any atom is -0.318 e. The molecule has 1 aromatic carbocycles. The number of nitrogen functional groups attached to an aromatic ring is 1. The lowest BCUT2D eigenvalue weighted by Crippen LogP contribution is -2.49. The predicted octanol–water partition coefficient (Wildman–Crippen LogP) is 1.16. The molecule has 0 saturated carbocycles. The average molecular weight is 291 g/mol. The van der Waals surface area contributed by atoms with Crippen LogP contribution in [-0.4, -0.2) is 46.9 Å². The van der Waals surface area contributed by atoms with Gasteiger partial charge in [-0.05, 0) is 31.0 Å². The molecule has 2 saturated heterocycles. The number of nitro groups is 1. The van der Waals surface area contributed by atoms with Crippen molar-refractivity contribution in [2.24, 2.45) is 5.84 Å². The molecule has 0 amide bonds. The summed E-state index contributed by atoms with van der Waals surface area (Å²) in [6.45, 7) is 5.31. The summed E-state index contributed by atoms with van der Waals surface area (Å²) in [5.41, 5.74) is 3.87. The number of hydrogen-bond donors (Lipinski definition) is 2. The van der Waals surface area contributed by atoms with Crippen LogP contribution < -0.4 is 11.3 Å². The van der Waals surface area contributed by atoms with Crippen molar-refractivity contribution >= 4 is 11.4 Å². The molecule has 2 fully saturated rings. The monoisotopic (exact) mass is 291 g/mol. The Bertz CT molecular complexity index is 536. The van der Waals surface area contributed by atoms with Gasteiger partial charge < -0.3 is 5.43 Å². The fraction of sp³-hybridized carbons (Fsp3) is 0.571. The van der Waals surface area contributed by atoms with Crippen LogP contribution in [0, 0.1) is 10.1 Å². The maximum Gasteiger partial charge on any atom is 0.293 e. The lowest BCUT2D eigenvalue weighted by molar-refractivity contribution is -0.384. The van der Waals surface area contributed by atoms with E-state index < -0.39 is 4.92 Å². The van der Waals surface area contributed by atoms with Crippen LogP contribution in [0.2, 0.25) is 0 Å². The molecule has 2 heterocycles. The zero-order chi connectivity index (χ0) is 14.8. The van der Waals surface area contributed by atoms with Crippen molar-refractivity contribution in [3.05, 3.63) is 33.9 Å². The maximum absolute atomic E-state index is 10.9. The van der Waals surface area contributed by atoms with Gasteiger partial charge in [-0.3, -0.25) is 25.8 Å². The number of hydrogen-bond acceptors (Lipinski definition) is 6. The number of nitrogens with two attached hydrogens (primary N) is 1. The SMILES string of the molecule is NNc1cc(CN2CCN3CCCC3C2)ccc1[N+](=O)[O-]. The van der Waals surface area contributed by atoms with E-state index in [1.165, 1.54) is 25.5 Å². The second-order valence-electron chi connectivity index (χ2n) is 5.82. The zero-order valence-electron chi connectivity index (χ0n) is 12.0. The van der Waals surface area contributed by atoms with E-state index in [9.17, 15) is 10.1 Å². The molecule has 0 spiro atoms. The summed E-state index contributed by atoms with van der Waals surface area (Å²) in [6, 6.07) is 5.80. The summed E-state index contributed by atoms with van der Waals surface area (Å²) in [6.07, 6.45) is 2.59. The fourth-order valence-electron chi connectivity index (χ4n) is 3.41. The lowest BCUT2D eigenvalue weighted by Gasteiger charge is -2.37. The van der Waals surface area contributed by atoms with E-state index in [1.54, 1.807) is 6.07 Å². The normalized spacial score (nSPS) is 23.0. The smallest absolute Gasteiger partial charge is 0.293 e. The minimum absolute atomic E-state index is 0.0156. The predicted molar refractivity (Wildman–Crippen MR) is 80.8 cm³/mol. The maximum atomic E-state index is 10.9. The van der Waals surface area contributed by atoms with E-state index in [-0.39, 0.29) is 5.69 Å². The van der Waals surface area contributed by atoms with Gasteiger partial charge in [0.15, 0.2) is 0 Å². The number of rotatable bonds is 4. The van der Waals surface area contributed by atoms with Crippen molar-refractivity contribution in [1.29, 1.82) is 0 Å². The molecule has 0 bridgehead atoms. The van der Waals surface area contributed by atoms with Crippen molar-refractivity contribution in [1.82, 2.24) is 9.80 Å². The van der Waals surface area contributed by atoms with Crippen LogP contribution >= 0.6 is 0 Å². The van der Waals surface area contributed by atoms with Crippen LogP contribution in [0.5, 0.6) is 0 Å². The fourth-order valence-corrected chi connectivity index (χ4v) is 3.41.